The Labute approximate surface area is 222 Å². The second kappa shape index (κ2) is 12.7. The Balaban J connectivity index is 1.24. The number of benzene rings is 4. The van der Waals surface area contributed by atoms with Gasteiger partial charge in [0.05, 0.1) is 19.3 Å². The van der Waals surface area contributed by atoms with Gasteiger partial charge in [-0.15, -0.1) is 0 Å². The first kappa shape index (κ1) is 26.6. The van der Waals surface area contributed by atoms with Crippen LogP contribution in [0.5, 0.6) is 23.0 Å². The van der Waals surface area contributed by atoms with E-state index in [2.05, 4.69) is 29.2 Å². The van der Waals surface area contributed by atoms with Crippen LogP contribution in [0.25, 0.3) is 0 Å². The van der Waals surface area contributed by atoms with Gasteiger partial charge in [-0.1, -0.05) is 12.1 Å². The number of esters is 1. The van der Waals surface area contributed by atoms with Crippen LogP contribution in [0.1, 0.15) is 27.8 Å². The number of nitrogens with zero attached hydrogens (tertiary/aromatic N) is 1. The predicted octanol–water partition coefficient (Wildman–Crippen LogP) is 5.67. The third kappa shape index (κ3) is 7.27. The molecule has 196 valence electrons. The number of aliphatic hydroxyl groups excluding tert-OH is 1. The van der Waals surface area contributed by atoms with Gasteiger partial charge in [0.25, 0.3) is 0 Å². The molecule has 0 fully saturated rings. The van der Waals surface area contributed by atoms with Crippen LogP contribution in [-0.2, 0) is 6.42 Å². The number of ether oxygens (including phenoxy) is 4. The second-order valence-corrected chi connectivity index (χ2v) is 8.79. The van der Waals surface area contributed by atoms with Crippen LogP contribution in [-0.4, -0.2) is 38.9 Å². The van der Waals surface area contributed by atoms with Crippen LogP contribution in [0.15, 0.2) is 97.1 Å². The average molecular weight is 514 g/mol. The highest BCUT2D eigenvalue weighted by Crippen LogP contribution is 2.25. The van der Waals surface area contributed by atoms with E-state index in [9.17, 15) is 9.90 Å². The minimum absolute atomic E-state index is 0.363. The molecular formula is C31H31NO6. The van der Waals surface area contributed by atoms with Crippen LogP contribution < -0.4 is 23.8 Å². The fraction of sp³-hybridized carbons (Fsp3) is 0.194. The Hall–Kier alpha value is -4.49. The van der Waals surface area contributed by atoms with Crippen molar-refractivity contribution in [3.63, 3.8) is 0 Å². The maximum Gasteiger partial charge on any atom is 0.343 e. The van der Waals surface area contributed by atoms with E-state index in [1.807, 2.05) is 14.1 Å². The van der Waals surface area contributed by atoms with E-state index in [1.165, 1.54) is 5.56 Å². The lowest BCUT2D eigenvalue weighted by atomic mass is 10.1. The van der Waals surface area contributed by atoms with Crippen LogP contribution >= 0.6 is 0 Å². The molecule has 7 nitrogen and oxygen atoms in total. The number of carbonyl (C=O) groups is 1. The van der Waals surface area contributed by atoms with Gasteiger partial charge in [0, 0.05) is 31.8 Å². The summed E-state index contributed by atoms with van der Waals surface area (Å²) >= 11 is 0. The van der Waals surface area contributed by atoms with Gasteiger partial charge in [0.2, 0.25) is 6.29 Å². The van der Waals surface area contributed by atoms with Crippen molar-refractivity contribution in [3.8, 4) is 23.0 Å². The summed E-state index contributed by atoms with van der Waals surface area (Å²) < 4.78 is 22.0. The number of anilines is 1. The maximum absolute atomic E-state index is 12.6. The molecular weight excluding hydrogens is 482 g/mol. The molecule has 0 aliphatic heterocycles. The summed E-state index contributed by atoms with van der Waals surface area (Å²) in [5.74, 6) is 1.69. The summed E-state index contributed by atoms with van der Waals surface area (Å²) in [6.07, 6.45) is -0.354. The zero-order valence-electron chi connectivity index (χ0n) is 21.7. The summed E-state index contributed by atoms with van der Waals surface area (Å²) in [4.78, 5) is 14.6. The molecule has 0 aliphatic carbocycles. The molecule has 1 N–H and O–H groups in total. The van der Waals surface area contributed by atoms with E-state index in [0.29, 0.717) is 40.7 Å². The number of rotatable bonds is 11. The van der Waals surface area contributed by atoms with Crippen LogP contribution in [0, 0.1) is 0 Å². The standard InChI is InChI=1S/C31H31NO6/c1-32(2)25-10-4-22(5-11-25)20-21-36-27-14-8-24(9-15-27)31(34)38-29-18-16-28(17-19-29)37-30(33)23-6-12-26(35-3)13-7-23/h4-19,30,33H,20-21H2,1-3H3. The van der Waals surface area contributed by atoms with Crippen molar-refractivity contribution in [2.45, 2.75) is 12.7 Å². The molecule has 0 bridgehead atoms. The van der Waals surface area contributed by atoms with Gasteiger partial charge in [-0.2, -0.15) is 0 Å². The lowest BCUT2D eigenvalue weighted by Gasteiger charge is -2.14. The van der Waals surface area contributed by atoms with Crippen molar-refractivity contribution >= 4 is 11.7 Å². The molecule has 4 rings (SSSR count). The monoisotopic (exact) mass is 513 g/mol. The fourth-order valence-electron chi connectivity index (χ4n) is 3.65. The summed E-state index contributed by atoms with van der Waals surface area (Å²) in [5, 5.41) is 10.3. The minimum Gasteiger partial charge on any atom is -0.497 e. The predicted molar refractivity (Wildman–Crippen MR) is 146 cm³/mol. The van der Waals surface area contributed by atoms with E-state index in [0.717, 1.165) is 12.1 Å². The Morgan fingerprint density at radius 1 is 0.763 bits per heavy atom. The Kier molecular flexibility index (Phi) is 8.85. The van der Waals surface area contributed by atoms with Gasteiger partial charge in [0.15, 0.2) is 0 Å². The van der Waals surface area contributed by atoms with Crippen LogP contribution in [0.3, 0.4) is 0 Å². The van der Waals surface area contributed by atoms with Crippen molar-refractivity contribution in [2.24, 2.45) is 0 Å². The number of hydrogen-bond donors (Lipinski definition) is 1. The molecule has 1 unspecified atom stereocenters. The SMILES string of the molecule is COc1ccc(C(O)Oc2ccc(OC(=O)c3ccc(OCCc4ccc(N(C)C)cc4)cc3)cc2)cc1. The number of aliphatic hydroxyl groups is 1. The Morgan fingerprint density at radius 2 is 1.34 bits per heavy atom. The van der Waals surface area contributed by atoms with Crippen molar-refractivity contribution in [2.75, 3.05) is 32.7 Å². The van der Waals surface area contributed by atoms with E-state index in [4.69, 9.17) is 18.9 Å². The lowest BCUT2D eigenvalue weighted by Crippen LogP contribution is -2.09. The molecule has 4 aromatic carbocycles. The second-order valence-electron chi connectivity index (χ2n) is 8.79. The average Bonchev–Trinajstić information content (AvgIpc) is 2.94. The third-order valence-electron chi connectivity index (χ3n) is 5.89. The lowest BCUT2D eigenvalue weighted by molar-refractivity contribution is -0.0195. The molecule has 7 heteroatoms. The van der Waals surface area contributed by atoms with Crippen LogP contribution in [0.4, 0.5) is 5.69 Å². The van der Waals surface area contributed by atoms with Crippen molar-refractivity contribution < 1.29 is 28.8 Å². The van der Waals surface area contributed by atoms with E-state index < -0.39 is 12.3 Å². The number of hydrogen-bond acceptors (Lipinski definition) is 7. The zero-order valence-corrected chi connectivity index (χ0v) is 21.7. The first-order chi connectivity index (χ1) is 18.4. The molecule has 38 heavy (non-hydrogen) atoms. The van der Waals surface area contributed by atoms with Gasteiger partial charge in [-0.25, -0.2) is 4.79 Å². The molecule has 0 saturated heterocycles. The smallest absolute Gasteiger partial charge is 0.343 e. The third-order valence-corrected chi connectivity index (χ3v) is 5.89. The fourth-order valence-corrected chi connectivity index (χ4v) is 3.65. The van der Waals surface area contributed by atoms with Crippen molar-refractivity contribution in [1.29, 1.82) is 0 Å². The van der Waals surface area contributed by atoms with E-state index in [1.54, 1.807) is 79.9 Å². The maximum atomic E-state index is 12.6. The van der Waals surface area contributed by atoms with Crippen molar-refractivity contribution in [1.82, 2.24) is 0 Å². The Bertz CT molecular complexity index is 1300. The van der Waals surface area contributed by atoms with E-state index in [-0.39, 0.29) is 0 Å². The van der Waals surface area contributed by atoms with Gasteiger partial charge in [-0.3, -0.25) is 0 Å². The molecule has 1 atom stereocenters. The van der Waals surface area contributed by atoms with Gasteiger partial charge in [-0.05, 0) is 90.5 Å². The number of carbonyl (C=O) groups excluding carboxylic acids is 1. The highest BCUT2D eigenvalue weighted by atomic mass is 16.6. The van der Waals surface area contributed by atoms with Crippen molar-refractivity contribution in [3.05, 3.63) is 114 Å². The molecule has 0 amide bonds. The zero-order chi connectivity index (χ0) is 26.9. The molecule has 0 spiro atoms. The molecule has 0 radical (unpaired) electrons. The quantitative estimate of drug-likeness (QED) is 0.157. The van der Waals surface area contributed by atoms with Crippen LogP contribution in [0.2, 0.25) is 0 Å². The molecule has 0 aliphatic rings. The normalized spacial score (nSPS) is 11.4. The first-order valence-electron chi connectivity index (χ1n) is 12.2. The largest absolute Gasteiger partial charge is 0.497 e. The molecule has 0 saturated carbocycles. The van der Waals surface area contributed by atoms with Gasteiger partial charge >= 0.3 is 5.97 Å². The molecule has 0 aromatic heterocycles. The topological polar surface area (TPSA) is 77.5 Å². The summed E-state index contributed by atoms with van der Waals surface area (Å²) in [7, 11) is 5.61. The minimum atomic E-state index is -1.14. The highest BCUT2D eigenvalue weighted by Gasteiger charge is 2.12. The number of methoxy groups -OCH3 is 1. The van der Waals surface area contributed by atoms with Gasteiger partial charge < -0.3 is 29.0 Å². The highest BCUT2D eigenvalue weighted by molar-refractivity contribution is 5.91. The van der Waals surface area contributed by atoms with E-state index >= 15 is 0 Å². The van der Waals surface area contributed by atoms with Gasteiger partial charge in [0.1, 0.15) is 23.0 Å². The Morgan fingerprint density at radius 3 is 1.95 bits per heavy atom. The summed E-state index contributed by atoms with van der Waals surface area (Å²) in [6.45, 7) is 0.534. The summed E-state index contributed by atoms with van der Waals surface area (Å²) in [6, 6.07) is 28.6. The summed E-state index contributed by atoms with van der Waals surface area (Å²) in [5.41, 5.74) is 3.35. The molecule has 4 aromatic rings. The first-order valence-corrected chi connectivity index (χ1v) is 12.2. The molecule has 0 heterocycles.